The smallest absolute Gasteiger partial charge is 0.243 e. The van der Waals surface area contributed by atoms with Gasteiger partial charge in [-0.15, -0.1) is 0 Å². The van der Waals surface area contributed by atoms with Crippen LogP contribution >= 0.6 is 23.2 Å². The molecule has 1 atom stereocenters. The number of hydroxylamine groups is 1. The number of phenolic OH excluding ortho intramolecular Hbond substituents is 1. The maximum Gasteiger partial charge on any atom is 0.243 e. The normalized spacial score (nSPS) is 11.7. The Balaban J connectivity index is 2.06. The van der Waals surface area contributed by atoms with Crippen molar-refractivity contribution in [1.29, 1.82) is 0 Å². The number of aromatic hydroxyl groups is 1. The third-order valence-corrected chi connectivity index (χ3v) is 4.38. The molecular formula is C18H18Cl2N2O4. The molecule has 2 aromatic carbocycles. The molecule has 6 nitrogen and oxygen atoms in total. The van der Waals surface area contributed by atoms with E-state index in [2.05, 4.69) is 5.32 Å². The van der Waals surface area contributed by atoms with Crippen molar-refractivity contribution in [2.24, 2.45) is 0 Å². The van der Waals surface area contributed by atoms with Gasteiger partial charge >= 0.3 is 0 Å². The van der Waals surface area contributed by atoms with Gasteiger partial charge in [-0.1, -0.05) is 41.4 Å². The molecule has 26 heavy (non-hydrogen) atoms. The van der Waals surface area contributed by atoms with Gasteiger partial charge < -0.3 is 10.4 Å². The Morgan fingerprint density at radius 2 is 1.65 bits per heavy atom. The second kappa shape index (κ2) is 9.43. The third-order valence-electron chi connectivity index (χ3n) is 3.82. The Kier molecular flexibility index (Phi) is 7.26. The molecule has 2 amide bonds. The maximum absolute atomic E-state index is 12.3. The molecule has 0 saturated carbocycles. The van der Waals surface area contributed by atoms with Crippen LogP contribution in [0.2, 0.25) is 10.0 Å². The van der Waals surface area contributed by atoms with Crippen LogP contribution in [0.1, 0.15) is 29.9 Å². The molecule has 138 valence electrons. The fourth-order valence-electron chi connectivity index (χ4n) is 2.50. The van der Waals surface area contributed by atoms with E-state index >= 15 is 0 Å². The highest BCUT2D eigenvalue weighted by Gasteiger charge is 2.22. The maximum atomic E-state index is 12.3. The molecule has 4 N–H and O–H groups in total. The highest BCUT2D eigenvalue weighted by Crippen LogP contribution is 2.32. The Labute approximate surface area is 160 Å². The first-order chi connectivity index (χ1) is 12.4. The van der Waals surface area contributed by atoms with Crippen LogP contribution in [0, 0.1) is 0 Å². The van der Waals surface area contributed by atoms with Gasteiger partial charge in [-0.3, -0.25) is 14.8 Å². The summed E-state index contributed by atoms with van der Waals surface area (Å²) >= 11 is 12.1. The van der Waals surface area contributed by atoms with Crippen LogP contribution in [0.4, 0.5) is 0 Å². The molecule has 0 aliphatic heterocycles. The Morgan fingerprint density at radius 1 is 1.00 bits per heavy atom. The first-order valence-electron chi connectivity index (χ1n) is 7.81. The van der Waals surface area contributed by atoms with Crippen LogP contribution in [-0.4, -0.2) is 22.1 Å². The largest absolute Gasteiger partial charge is 0.508 e. The topological polar surface area (TPSA) is 98.7 Å². The monoisotopic (exact) mass is 396 g/mol. The highest BCUT2D eigenvalue weighted by atomic mass is 35.5. The average molecular weight is 397 g/mol. The van der Waals surface area contributed by atoms with Crippen LogP contribution in [-0.2, 0) is 16.1 Å². The predicted molar refractivity (Wildman–Crippen MR) is 98.3 cm³/mol. The van der Waals surface area contributed by atoms with E-state index in [0.717, 1.165) is 5.56 Å². The third kappa shape index (κ3) is 5.91. The van der Waals surface area contributed by atoms with Crippen LogP contribution < -0.4 is 10.8 Å². The number of rotatable bonds is 7. The van der Waals surface area contributed by atoms with E-state index in [1.165, 1.54) is 18.2 Å². The zero-order valence-electron chi connectivity index (χ0n) is 13.7. The van der Waals surface area contributed by atoms with Gasteiger partial charge in [0.05, 0.1) is 0 Å². The van der Waals surface area contributed by atoms with E-state index in [1.807, 2.05) is 0 Å². The van der Waals surface area contributed by atoms with Crippen molar-refractivity contribution in [3.63, 3.8) is 0 Å². The lowest BCUT2D eigenvalue weighted by molar-refractivity contribution is -0.129. The summed E-state index contributed by atoms with van der Waals surface area (Å²) in [5.74, 6) is -1.27. The van der Waals surface area contributed by atoms with Crippen molar-refractivity contribution in [3.8, 4) is 5.75 Å². The number of amides is 2. The van der Waals surface area contributed by atoms with Gasteiger partial charge in [0.2, 0.25) is 11.8 Å². The molecule has 2 rings (SSSR count). The molecule has 0 fully saturated rings. The fourth-order valence-corrected chi connectivity index (χ4v) is 3.07. The minimum atomic E-state index is -0.618. The Morgan fingerprint density at radius 3 is 2.27 bits per heavy atom. The summed E-state index contributed by atoms with van der Waals surface area (Å²) in [4.78, 5) is 23.9. The van der Waals surface area contributed by atoms with Crippen molar-refractivity contribution >= 4 is 35.0 Å². The van der Waals surface area contributed by atoms with E-state index in [0.29, 0.717) is 15.6 Å². The van der Waals surface area contributed by atoms with E-state index in [-0.39, 0.29) is 31.0 Å². The molecule has 0 aliphatic rings. The van der Waals surface area contributed by atoms with Gasteiger partial charge in [0.25, 0.3) is 0 Å². The zero-order valence-corrected chi connectivity index (χ0v) is 15.2. The summed E-state index contributed by atoms with van der Waals surface area (Å²) in [5.41, 5.74) is 2.99. The molecule has 0 radical (unpaired) electrons. The molecule has 0 bridgehead atoms. The summed E-state index contributed by atoms with van der Waals surface area (Å²) in [7, 11) is 0. The van der Waals surface area contributed by atoms with Crippen LogP contribution in [0.25, 0.3) is 0 Å². The first kappa shape index (κ1) is 20.0. The number of halogens is 2. The lowest BCUT2D eigenvalue weighted by Gasteiger charge is -2.18. The quantitative estimate of drug-likeness (QED) is 0.425. The Hall–Kier alpha value is -2.28. The summed E-state index contributed by atoms with van der Waals surface area (Å²) in [5, 5.41) is 21.6. The number of hydrogen-bond acceptors (Lipinski definition) is 4. The fraction of sp³-hybridized carbons (Fsp3) is 0.222. The van der Waals surface area contributed by atoms with Crippen molar-refractivity contribution in [1.82, 2.24) is 10.8 Å². The van der Waals surface area contributed by atoms with Gasteiger partial charge in [-0.25, -0.2) is 5.48 Å². The summed E-state index contributed by atoms with van der Waals surface area (Å²) < 4.78 is 0. The van der Waals surface area contributed by atoms with Crippen molar-refractivity contribution < 1.29 is 19.9 Å². The summed E-state index contributed by atoms with van der Waals surface area (Å²) in [6.07, 6.45) is -0.0999. The first-order valence-corrected chi connectivity index (χ1v) is 8.57. The molecule has 0 aliphatic carbocycles. The minimum Gasteiger partial charge on any atom is -0.508 e. The molecule has 1 unspecified atom stereocenters. The number of carbonyl (C=O) groups excluding carboxylic acids is 2. The van der Waals surface area contributed by atoms with Gasteiger partial charge in [0, 0.05) is 35.3 Å². The average Bonchev–Trinajstić information content (AvgIpc) is 2.60. The van der Waals surface area contributed by atoms with Crippen LogP contribution in [0.5, 0.6) is 5.75 Å². The number of carbonyl (C=O) groups is 2. The van der Waals surface area contributed by atoms with Gasteiger partial charge in [0.1, 0.15) is 5.75 Å². The minimum absolute atomic E-state index is 0.00680. The number of nitrogens with one attached hydrogen (secondary N) is 2. The highest BCUT2D eigenvalue weighted by molar-refractivity contribution is 6.35. The molecule has 0 spiro atoms. The molecule has 0 heterocycles. The zero-order chi connectivity index (χ0) is 19.1. The van der Waals surface area contributed by atoms with E-state index in [9.17, 15) is 14.7 Å². The standard InChI is InChI=1S/C18H18Cl2N2O4/c19-13-3-6-15(16(20)9-13)12(8-18(25)22-26)7-17(24)21-10-11-1-4-14(23)5-2-11/h1-6,9,12,23,26H,7-8,10H2,(H,21,24)(H,22,25). The number of phenols is 1. The molecule has 2 aromatic rings. The van der Waals surface area contributed by atoms with Crippen molar-refractivity contribution in [3.05, 3.63) is 63.6 Å². The van der Waals surface area contributed by atoms with Crippen LogP contribution in [0.3, 0.4) is 0 Å². The van der Waals surface area contributed by atoms with E-state index in [4.69, 9.17) is 28.4 Å². The van der Waals surface area contributed by atoms with Gasteiger partial charge in [0.15, 0.2) is 0 Å². The summed E-state index contributed by atoms with van der Waals surface area (Å²) in [6.45, 7) is 0.284. The second-order valence-electron chi connectivity index (χ2n) is 5.75. The molecule has 0 aromatic heterocycles. The van der Waals surface area contributed by atoms with Gasteiger partial charge in [-0.05, 0) is 35.4 Å². The summed E-state index contributed by atoms with van der Waals surface area (Å²) in [6, 6.07) is 11.3. The van der Waals surface area contributed by atoms with E-state index < -0.39 is 11.8 Å². The van der Waals surface area contributed by atoms with Crippen LogP contribution in [0.15, 0.2) is 42.5 Å². The molecule has 0 saturated heterocycles. The Bertz CT molecular complexity index is 781. The number of benzene rings is 2. The second-order valence-corrected chi connectivity index (χ2v) is 6.59. The van der Waals surface area contributed by atoms with Gasteiger partial charge in [-0.2, -0.15) is 0 Å². The lowest BCUT2D eigenvalue weighted by Crippen LogP contribution is -2.27. The lowest BCUT2D eigenvalue weighted by atomic mass is 9.91. The predicted octanol–water partition coefficient (Wildman–Crippen LogP) is 3.38. The van der Waals surface area contributed by atoms with Crippen molar-refractivity contribution in [2.75, 3.05) is 0 Å². The van der Waals surface area contributed by atoms with E-state index in [1.54, 1.807) is 29.7 Å². The SMILES string of the molecule is O=C(CC(CC(=O)NCc1ccc(O)cc1)c1ccc(Cl)cc1Cl)NO. The van der Waals surface area contributed by atoms with Crippen molar-refractivity contribution in [2.45, 2.75) is 25.3 Å². The number of hydrogen-bond donors (Lipinski definition) is 4. The molecule has 8 heteroatoms. The molecular weight excluding hydrogens is 379 g/mol.